The van der Waals surface area contributed by atoms with Crippen molar-refractivity contribution in [2.75, 3.05) is 0 Å². The highest BCUT2D eigenvalue weighted by atomic mass is 19.1. The fourth-order valence-electron chi connectivity index (χ4n) is 3.92. The van der Waals surface area contributed by atoms with Crippen LogP contribution >= 0.6 is 0 Å². The zero-order valence-corrected chi connectivity index (χ0v) is 19.3. The van der Waals surface area contributed by atoms with Crippen molar-refractivity contribution in [1.82, 2.24) is 4.90 Å². The lowest BCUT2D eigenvalue weighted by molar-refractivity contribution is -0.156. The van der Waals surface area contributed by atoms with Crippen molar-refractivity contribution in [2.45, 2.75) is 58.3 Å². The quantitative estimate of drug-likeness (QED) is 0.363. The van der Waals surface area contributed by atoms with Crippen LogP contribution in [0.2, 0.25) is 0 Å². The minimum atomic E-state index is -0.584. The van der Waals surface area contributed by atoms with Gasteiger partial charge in [-0.2, -0.15) is 0 Å². The maximum atomic E-state index is 14.2. The summed E-state index contributed by atoms with van der Waals surface area (Å²) in [6.45, 7) is 8.31. The zero-order chi connectivity index (χ0) is 23.1. The molecule has 4 heteroatoms. The molecular weight excluding hydrogens is 401 g/mol. The summed E-state index contributed by atoms with van der Waals surface area (Å²) in [5, 5.41) is 0. The Kier molecular flexibility index (Phi) is 7.81. The number of nitrogens with zero attached hydrogens (tertiary/aromatic N) is 1. The predicted molar refractivity (Wildman–Crippen MR) is 126 cm³/mol. The lowest BCUT2D eigenvalue weighted by atomic mass is 9.96. The molecule has 0 aromatic heterocycles. The third kappa shape index (κ3) is 6.76. The summed E-state index contributed by atoms with van der Waals surface area (Å²) in [6.07, 6.45) is 0.130. The first-order valence-corrected chi connectivity index (χ1v) is 11.0. The number of halogens is 1. The largest absolute Gasteiger partial charge is 0.460 e. The molecule has 32 heavy (non-hydrogen) atoms. The number of carbonyl (C=O) groups excluding carboxylic acids is 1. The topological polar surface area (TPSA) is 29.5 Å². The van der Waals surface area contributed by atoms with Crippen LogP contribution in [0.1, 0.15) is 62.9 Å². The fraction of sp³-hybridized carbons (Fsp3) is 0.321. The second-order valence-electron chi connectivity index (χ2n) is 9.11. The van der Waals surface area contributed by atoms with Gasteiger partial charge < -0.3 is 4.74 Å². The van der Waals surface area contributed by atoms with E-state index in [-0.39, 0.29) is 30.3 Å². The molecule has 0 aliphatic rings. The third-order valence-electron chi connectivity index (χ3n) is 5.40. The molecule has 3 rings (SSSR count). The highest BCUT2D eigenvalue weighted by Crippen LogP contribution is 2.35. The van der Waals surface area contributed by atoms with E-state index in [0.717, 1.165) is 16.7 Å². The summed E-state index contributed by atoms with van der Waals surface area (Å²) in [4.78, 5) is 15.2. The van der Waals surface area contributed by atoms with Crippen molar-refractivity contribution in [2.24, 2.45) is 0 Å². The summed E-state index contributed by atoms with van der Waals surface area (Å²) in [7, 11) is 0. The van der Waals surface area contributed by atoms with E-state index in [1.54, 1.807) is 6.07 Å². The van der Waals surface area contributed by atoms with E-state index < -0.39 is 5.60 Å². The number of ether oxygens (including phenoxy) is 1. The van der Waals surface area contributed by atoms with Crippen LogP contribution in [0.25, 0.3) is 0 Å². The molecule has 3 nitrogen and oxygen atoms in total. The fourth-order valence-corrected chi connectivity index (χ4v) is 3.92. The molecule has 0 saturated heterocycles. The minimum Gasteiger partial charge on any atom is -0.460 e. The maximum Gasteiger partial charge on any atom is 0.308 e. The van der Waals surface area contributed by atoms with Gasteiger partial charge in [0, 0.05) is 18.6 Å². The zero-order valence-electron chi connectivity index (χ0n) is 19.3. The Bertz CT molecular complexity index is 999. The summed E-state index contributed by atoms with van der Waals surface area (Å²) >= 11 is 0. The second-order valence-corrected chi connectivity index (χ2v) is 9.11. The predicted octanol–water partition coefficient (Wildman–Crippen LogP) is 6.86. The summed E-state index contributed by atoms with van der Waals surface area (Å²) in [5.41, 5.74) is 2.43. The van der Waals surface area contributed by atoms with Crippen LogP contribution in [0.3, 0.4) is 0 Å². The molecule has 0 saturated carbocycles. The van der Waals surface area contributed by atoms with Gasteiger partial charge in [0.1, 0.15) is 11.4 Å². The Labute approximate surface area is 190 Å². The van der Waals surface area contributed by atoms with E-state index in [1.165, 1.54) is 12.1 Å². The molecule has 2 atom stereocenters. The molecule has 0 amide bonds. The second kappa shape index (κ2) is 10.6. The average Bonchev–Trinajstić information content (AvgIpc) is 2.76. The van der Waals surface area contributed by atoms with Gasteiger partial charge in [0.2, 0.25) is 0 Å². The molecule has 0 radical (unpaired) electrons. The standard InChI is InChI=1S/C28H32FNO2/c1-21(23-14-9-6-10-15-23)30(20-22-12-7-5-8-13-22)26(19-27(31)32-28(2,3)4)24-16-11-17-25(29)18-24/h5-18,21,26H,19-20H2,1-4H3/t21?,26-/m1/s1. The molecule has 0 aliphatic heterocycles. The van der Waals surface area contributed by atoms with E-state index in [1.807, 2.05) is 63.2 Å². The summed E-state index contributed by atoms with van der Waals surface area (Å²) in [6, 6.07) is 26.5. The van der Waals surface area contributed by atoms with Crippen LogP contribution in [0.5, 0.6) is 0 Å². The number of hydrogen-bond acceptors (Lipinski definition) is 3. The van der Waals surface area contributed by atoms with Gasteiger partial charge in [-0.25, -0.2) is 4.39 Å². The van der Waals surface area contributed by atoms with Crippen molar-refractivity contribution in [1.29, 1.82) is 0 Å². The van der Waals surface area contributed by atoms with Crippen molar-refractivity contribution < 1.29 is 13.9 Å². The van der Waals surface area contributed by atoms with Gasteiger partial charge in [0.05, 0.1) is 6.42 Å². The average molecular weight is 434 g/mol. The van der Waals surface area contributed by atoms with Gasteiger partial charge in [-0.3, -0.25) is 9.69 Å². The van der Waals surface area contributed by atoms with Crippen LogP contribution in [0, 0.1) is 5.82 Å². The van der Waals surface area contributed by atoms with Crippen molar-refractivity contribution in [3.8, 4) is 0 Å². The van der Waals surface area contributed by atoms with Crippen molar-refractivity contribution >= 4 is 5.97 Å². The van der Waals surface area contributed by atoms with Crippen LogP contribution in [0.4, 0.5) is 4.39 Å². The van der Waals surface area contributed by atoms with E-state index in [4.69, 9.17) is 4.74 Å². The van der Waals surface area contributed by atoms with E-state index in [0.29, 0.717) is 6.54 Å². The van der Waals surface area contributed by atoms with Crippen LogP contribution in [-0.4, -0.2) is 16.5 Å². The third-order valence-corrected chi connectivity index (χ3v) is 5.40. The molecule has 3 aromatic carbocycles. The monoisotopic (exact) mass is 433 g/mol. The Balaban J connectivity index is 2.03. The number of esters is 1. The maximum absolute atomic E-state index is 14.2. The lowest BCUT2D eigenvalue weighted by Crippen LogP contribution is -2.34. The van der Waals surface area contributed by atoms with Crippen LogP contribution < -0.4 is 0 Å². The van der Waals surface area contributed by atoms with E-state index in [9.17, 15) is 9.18 Å². The van der Waals surface area contributed by atoms with Gasteiger partial charge >= 0.3 is 5.97 Å². The lowest BCUT2D eigenvalue weighted by Gasteiger charge is -2.37. The first-order valence-electron chi connectivity index (χ1n) is 11.0. The first kappa shape index (κ1) is 23.7. The number of carbonyl (C=O) groups is 1. The Morgan fingerprint density at radius 3 is 2.09 bits per heavy atom. The van der Waals surface area contributed by atoms with E-state index >= 15 is 0 Å². The van der Waals surface area contributed by atoms with Crippen LogP contribution in [0.15, 0.2) is 84.9 Å². The molecule has 3 aromatic rings. The molecule has 1 unspecified atom stereocenters. The Hall–Kier alpha value is -2.98. The number of benzene rings is 3. The first-order chi connectivity index (χ1) is 15.2. The normalized spacial score (nSPS) is 13.6. The highest BCUT2D eigenvalue weighted by molar-refractivity contribution is 5.71. The van der Waals surface area contributed by atoms with Gasteiger partial charge in [0.25, 0.3) is 0 Å². The molecule has 0 spiro atoms. The SMILES string of the molecule is CC(c1ccccc1)N(Cc1ccccc1)[C@H](CC(=O)OC(C)(C)C)c1cccc(F)c1. The van der Waals surface area contributed by atoms with Gasteiger partial charge in [0.15, 0.2) is 0 Å². The molecule has 0 fully saturated rings. The summed E-state index contributed by atoms with van der Waals surface area (Å²) in [5.74, 6) is -0.617. The Morgan fingerprint density at radius 2 is 1.50 bits per heavy atom. The molecule has 168 valence electrons. The Morgan fingerprint density at radius 1 is 0.906 bits per heavy atom. The highest BCUT2D eigenvalue weighted by Gasteiger charge is 2.30. The van der Waals surface area contributed by atoms with Gasteiger partial charge in [-0.05, 0) is 56.5 Å². The van der Waals surface area contributed by atoms with Crippen molar-refractivity contribution in [3.63, 3.8) is 0 Å². The summed E-state index contributed by atoms with van der Waals surface area (Å²) < 4.78 is 19.9. The number of rotatable bonds is 8. The molecule has 0 bridgehead atoms. The molecule has 0 N–H and O–H groups in total. The van der Waals surface area contributed by atoms with Gasteiger partial charge in [-0.15, -0.1) is 0 Å². The van der Waals surface area contributed by atoms with Crippen molar-refractivity contribution in [3.05, 3.63) is 107 Å². The smallest absolute Gasteiger partial charge is 0.308 e. The van der Waals surface area contributed by atoms with E-state index in [2.05, 4.69) is 36.1 Å². The molecule has 0 aliphatic carbocycles. The molecule has 0 heterocycles. The minimum absolute atomic E-state index is 0.00731. The van der Waals surface area contributed by atoms with Gasteiger partial charge in [-0.1, -0.05) is 72.8 Å². The number of hydrogen-bond donors (Lipinski definition) is 0. The van der Waals surface area contributed by atoms with Crippen LogP contribution in [-0.2, 0) is 16.1 Å². The molecular formula is C28H32FNO2.